The van der Waals surface area contributed by atoms with E-state index in [1.54, 1.807) is 0 Å². The van der Waals surface area contributed by atoms with E-state index >= 15 is 0 Å². The highest BCUT2D eigenvalue weighted by Gasteiger charge is 2.12. The predicted octanol–water partition coefficient (Wildman–Crippen LogP) is 3.92. The van der Waals surface area contributed by atoms with Crippen LogP contribution in [0.3, 0.4) is 0 Å². The average molecular weight is 344 g/mol. The monoisotopic (exact) mass is 344 g/mol. The van der Waals surface area contributed by atoms with E-state index in [9.17, 15) is 0 Å². The molecule has 1 N–H and O–H groups in total. The molecule has 130 valence electrons. The topological polar surface area (TPSA) is 54.0 Å². The van der Waals surface area contributed by atoms with Gasteiger partial charge in [-0.15, -0.1) is 0 Å². The lowest BCUT2D eigenvalue weighted by Crippen LogP contribution is -2.36. The van der Waals surface area contributed by atoms with Crippen molar-refractivity contribution >= 4 is 27.6 Å². The number of ether oxygens (including phenoxy) is 1. The van der Waals surface area contributed by atoms with Crippen molar-refractivity contribution in [3.63, 3.8) is 0 Å². The minimum absolute atomic E-state index is 0.784. The van der Waals surface area contributed by atoms with Gasteiger partial charge in [0.1, 0.15) is 5.65 Å². The normalized spacial score (nSPS) is 15.0. The smallest absolute Gasteiger partial charge is 0.138 e. The molecule has 3 aromatic heterocycles. The third-order valence-electron chi connectivity index (χ3n) is 5.01. The van der Waals surface area contributed by atoms with Crippen LogP contribution in [0.4, 0.5) is 5.69 Å². The Bertz CT molecular complexity index is 1080. The second-order valence-electron chi connectivity index (χ2n) is 6.80. The number of nitrogens with one attached hydrogen (secondary N) is 1. The summed E-state index contributed by atoms with van der Waals surface area (Å²) < 4.78 is 5.42. The number of H-pyrrole nitrogens is 1. The van der Waals surface area contributed by atoms with E-state index in [1.807, 2.05) is 12.4 Å². The van der Waals surface area contributed by atoms with Crippen molar-refractivity contribution in [1.82, 2.24) is 15.0 Å². The van der Waals surface area contributed by atoms with Crippen molar-refractivity contribution in [2.24, 2.45) is 0 Å². The molecule has 0 saturated carbocycles. The first kappa shape index (κ1) is 15.3. The summed E-state index contributed by atoms with van der Waals surface area (Å²) in [5.41, 5.74) is 6.46. The molecule has 5 nitrogen and oxygen atoms in total. The standard InChI is InChI=1S/C21H20N4O/c1-14-10-18-17-11-15(2-4-20(17)24-21(18)23-12-14)19-5-3-16(13-22-19)25-6-8-26-9-7-25/h2-5,10-13H,6-9H2,1H3,(H,23,24). The van der Waals surface area contributed by atoms with Gasteiger partial charge in [-0.3, -0.25) is 4.98 Å². The Hall–Kier alpha value is -2.92. The molecule has 4 heterocycles. The van der Waals surface area contributed by atoms with Gasteiger partial charge < -0.3 is 14.6 Å². The van der Waals surface area contributed by atoms with Gasteiger partial charge in [-0.1, -0.05) is 6.07 Å². The summed E-state index contributed by atoms with van der Waals surface area (Å²) in [5.74, 6) is 0. The van der Waals surface area contributed by atoms with Gasteiger partial charge in [0.2, 0.25) is 0 Å². The fourth-order valence-corrected chi connectivity index (χ4v) is 3.60. The van der Waals surface area contributed by atoms with Crippen LogP contribution in [0.1, 0.15) is 5.56 Å². The Labute approximate surface area is 151 Å². The van der Waals surface area contributed by atoms with Crippen LogP contribution in [0.15, 0.2) is 48.8 Å². The Morgan fingerprint density at radius 2 is 1.85 bits per heavy atom. The van der Waals surface area contributed by atoms with Crippen molar-refractivity contribution in [2.45, 2.75) is 6.92 Å². The van der Waals surface area contributed by atoms with Crippen molar-refractivity contribution in [3.05, 3.63) is 54.4 Å². The molecule has 26 heavy (non-hydrogen) atoms. The summed E-state index contributed by atoms with van der Waals surface area (Å²) in [7, 11) is 0. The molecular formula is C21H20N4O. The summed E-state index contributed by atoms with van der Waals surface area (Å²) in [6.45, 7) is 5.49. The van der Waals surface area contributed by atoms with E-state index in [0.717, 1.165) is 65.4 Å². The third-order valence-corrected chi connectivity index (χ3v) is 5.01. The SMILES string of the molecule is Cc1cnc2[nH]c3ccc(-c4ccc(N5CCOCC5)cn4)cc3c2c1. The van der Waals surface area contributed by atoms with Gasteiger partial charge in [-0.2, -0.15) is 0 Å². The number of benzene rings is 1. The van der Waals surface area contributed by atoms with Crippen LogP contribution >= 0.6 is 0 Å². The molecule has 1 aliphatic rings. The molecule has 5 heteroatoms. The lowest BCUT2D eigenvalue weighted by atomic mass is 10.1. The first-order valence-electron chi connectivity index (χ1n) is 8.95. The minimum atomic E-state index is 0.784. The molecule has 0 amide bonds. The number of aromatic nitrogens is 3. The van der Waals surface area contributed by atoms with E-state index < -0.39 is 0 Å². The van der Waals surface area contributed by atoms with Crippen LogP contribution in [-0.2, 0) is 4.74 Å². The predicted molar refractivity (Wildman–Crippen MR) is 105 cm³/mol. The molecule has 0 unspecified atom stereocenters. The molecule has 4 aromatic rings. The molecule has 1 aromatic carbocycles. The summed E-state index contributed by atoms with van der Waals surface area (Å²) in [4.78, 5) is 14.9. The van der Waals surface area contributed by atoms with Crippen LogP contribution in [0.25, 0.3) is 33.2 Å². The van der Waals surface area contributed by atoms with E-state index in [0.29, 0.717) is 0 Å². The summed E-state index contributed by atoms with van der Waals surface area (Å²) in [6, 6.07) is 12.9. The Balaban J connectivity index is 1.53. The first-order valence-corrected chi connectivity index (χ1v) is 8.95. The molecule has 5 rings (SSSR count). The summed E-state index contributed by atoms with van der Waals surface area (Å²) in [5, 5.41) is 2.35. The molecule has 0 bridgehead atoms. The quantitative estimate of drug-likeness (QED) is 0.599. The Morgan fingerprint density at radius 1 is 0.962 bits per heavy atom. The fourth-order valence-electron chi connectivity index (χ4n) is 3.60. The maximum atomic E-state index is 5.42. The number of anilines is 1. The van der Waals surface area contributed by atoms with Gasteiger partial charge in [0.25, 0.3) is 0 Å². The average Bonchev–Trinajstić information content (AvgIpc) is 3.06. The van der Waals surface area contributed by atoms with Crippen LogP contribution in [0.5, 0.6) is 0 Å². The fraction of sp³-hybridized carbons (Fsp3) is 0.238. The van der Waals surface area contributed by atoms with Crippen LogP contribution in [0.2, 0.25) is 0 Å². The number of hydrogen-bond donors (Lipinski definition) is 1. The second-order valence-corrected chi connectivity index (χ2v) is 6.80. The largest absolute Gasteiger partial charge is 0.378 e. The number of nitrogens with zero attached hydrogens (tertiary/aromatic N) is 3. The zero-order valence-corrected chi connectivity index (χ0v) is 14.7. The number of fused-ring (bicyclic) bond motifs is 3. The maximum Gasteiger partial charge on any atom is 0.138 e. The maximum absolute atomic E-state index is 5.42. The molecular weight excluding hydrogens is 324 g/mol. The number of rotatable bonds is 2. The highest BCUT2D eigenvalue weighted by atomic mass is 16.5. The second kappa shape index (κ2) is 6.11. The van der Waals surface area contributed by atoms with Crippen LogP contribution < -0.4 is 4.90 Å². The van der Waals surface area contributed by atoms with E-state index in [4.69, 9.17) is 9.72 Å². The van der Waals surface area contributed by atoms with E-state index in [2.05, 4.69) is 58.2 Å². The van der Waals surface area contributed by atoms with Crippen molar-refractivity contribution in [3.8, 4) is 11.3 Å². The molecule has 0 atom stereocenters. The van der Waals surface area contributed by atoms with E-state index in [1.165, 1.54) is 5.39 Å². The third kappa shape index (κ3) is 2.61. The molecule has 1 saturated heterocycles. The summed E-state index contributed by atoms with van der Waals surface area (Å²) >= 11 is 0. The Kier molecular flexibility index (Phi) is 3.60. The van der Waals surface area contributed by atoms with Gasteiger partial charge in [0.15, 0.2) is 0 Å². The van der Waals surface area contributed by atoms with Gasteiger partial charge in [-0.05, 0) is 42.8 Å². The molecule has 1 aliphatic heterocycles. The summed E-state index contributed by atoms with van der Waals surface area (Å²) in [6.07, 6.45) is 3.86. The molecule has 0 aliphatic carbocycles. The highest BCUT2D eigenvalue weighted by molar-refractivity contribution is 6.07. The number of aryl methyl sites for hydroxylation is 1. The number of morpholine rings is 1. The molecule has 1 fully saturated rings. The van der Waals surface area contributed by atoms with Crippen molar-refractivity contribution < 1.29 is 4.74 Å². The van der Waals surface area contributed by atoms with Gasteiger partial charge in [0.05, 0.1) is 30.8 Å². The van der Waals surface area contributed by atoms with Gasteiger partial charge in [0, 0.05) is 41.1 Å². The number of aromatic amines is 1. The zero-order valence-electron chi connectivity index (χ0n) is 14.7. The minimum Gasteiger partial charge on any atom is -0.378 e. The molecule has 0 spiro atoms. The number of hydrogen-bond acceptors (Lipinski definition) is 4. The van der Waals surface area contributed by atoms with Crippen LogP contribution in [-0.4, -0.2) is 41.3 Å². The van der Waals surface area contributed by atoms with Crippen molar-refractivity contribution in [1.29, 1.82) is 0 Å². The Morgan fingerprint density at radius 3 is 2.65 bits per heavy atom. The first-order chi connectivity index (χ1) is 12.8. The number of pyridine rings is 2. The molecule has 0 radical (unpaired) electrons. The van der Waals surface area contributed by atoms with Gasteiger partial charge in [-0.25, -0.2) is 4.98 Å². The van der Waals surface area contributed by atoms with Gasteiger partial charge >= 0.3 is 0 Å². The zero-order chi connectivity index (χ0) is 17.5. The van der Waals surface area contributed by atoms with Crippen molar-refractivity contribution in [2.75, 3.05) is 31.2 Å². The lowest BCUT2D eigenvalue weighted by Gasteiger charge is -2.28. The lowest BCUT2D eigenvalue weighted by molar-refractivity contribution is 0.122. The van der Waals surface area contributed by atoms with E-state index in [-0.39, 0.29) is 0 Å². The highest BCUT2D eigenvalue weighted by Crippen LogP contribution is 2.29. The van der Waals surface area contributed by atoms with Crippen LogP contribution in [0, 0.1) is 6.92 Å².